The second kappa shape index (κ2) is 9.23. The first kappa shape index (κ1) is 19.0. The molecule has 0 radical (unpaired) electrons. The number of nitrogens with one attached hydrogen (secondary N) is 2. The summed E-state index contributed by atoms with van der Waals surface area (Å²) >= 11 is 0. The molecule has 2 aromatic carbocycles. The smallest absolute Gasteiger partial charge is 0.252 e. The third-order valence-electron chi connectivity index (χ3n) is 4.01. The average Bonchev–Trinajstić information content (AvgIpc) is 2.60. The molecule has 0 bridgehead atoms. The Morgan fingerprint density at radius 2 is 1.72 bits per heavy atom. The van der Waals surface area contributed by atoms with Crippen LogP contribution in [0.1, 0.15) is 48.3 Å². The molecule has 0 aromatic heterocycles. The lowest BCUT2D eigenvalue weighted by Gasteiger charge is -2.17. The Labute approximate surface area is 150 Å². The van der Waals surface area contributed by atoms with Crippen molar-refractivity contribution < 1.29 is 9.53 Å². The summed E-state index contributed by atoms with van der Waals surface area (Å²) in [4.78, 5) is 12.7. The van der Waals surface area contributed by atoms with Gasteiger partial charge in [0.2, 0.25) is 0 Å². The highest BCUT2D eigenvalue weighted by Crippen LogP contribution is 2.19. The van der Waals surface area contributed by atoms with Gasteiger partial charge < -0.3 is 15.4 Å². The van der Waals surface area contributed by atoms with E-state index in [1.165, 1.54) is 0 Å². The van der Waals surface area contributed by atoms with Gasteiger partial charge in [-0.3, -0.25) is 4.79 Å². The third-order valence-corrected chi connectivity index (χ3v) is 4.01. The van der Waals surface area contributed by atoms with Crippen molar-refractivity contribution in [3.05, 3.63) is 65.2 Å². The van der Waals surface area contributed by atoms with E-state index in [-0.39, 0.29) is 18.1 Å². The Kier molecular flexibility index (Phi) is 7.02. The minimum Gasteiger partial charge on any atom is -0.491 e. The minimum absolute atomic E-state index is 0.0401. The maximum absolute atomic E-state index is 12.7. The number of likely N-dealkylation sites (N-methyl/N-ethyl adjacent to an activating group) is 1. The SMILES string of the molecule is CNCCc1ccccc1C(=O)NC(C)c1ccc(OC(C)C)cc1. The fourth-order valence-electron chi connectivity index (χ4n) is 2.68. The molecule has 0 aliphatic rings. The summed E-state index contributed by atoms with van der Waals surface area (Å²) in [5, 5.41) is 6.21. The summed E-state index contributed by atoms with van der Waals surface area (Å²) in [7, 11) is 1.91. The molecule has 0 heterocycles. The van der Waals surface area contributed by atoms with Crippen LogP contribution in [0.4, 0.5) is 0 Å². The van der Waals surface area contributed by atoms with Crippen LogP contribution < -0.4 is 15.4 Å². The van der Waals surface area contributed by atoms with Crippen molar-refractivity contribution in [2.45, 2.75) is 39.3 Å². The molecule has 0 aliphatic heterocycles. The van der Waals surface area contributed by atoms with Crippen LogP contribution in [0.3, 0.4) is 0 Å². The van der Waals surface area contributed by atoms with E-state index in [9.17, 15) is 4.79 Å². The Balaban J connectivity index is 2.05. The number of rotatable bonds is 8. The van der Waals surface area contributed by atoms with Crippen LogP contribution >= 0.6 is 0 Å². The van der Waals surface area contributed by atoms with Gasteiger partial charge in [0.1, 0.15) is 5.75 Å². The van der Waals surface area contributed by atoms with Gasteiger partial charge in [0.25, 0.3) is 5.91 Å². The molecular weight excluding hydrogens is 312 g/mol. The molecule has 25 heavy (non-hydrogen) atoms. The van der Waals surface area contributed by atoms with E-state index in [1.54, 1.807) is 0 Å². The molecule has 0 saturated heterocycles. The molecule has 4 heteroatoms. The summed E-state index contributed by atoms with van der Waals surface area (Å²) in [6.45, 7) is 6.84. The van der Waals surface area contributed by atoms with Crippen LogP contribution in [0, 0.1) is 0 Å². The van der Waals surface area contributed by atoms with E-state index in [0.717, 1.165) is 35.4 Å². The number of carbonyl (C=O) groups is 1. The van der Waals surface area contributed by atoms with Gasteiger partial charge >= 0.3 is 0 Å². The molecule has 1 unspecified atom stereocenters. The molecule has 0 saturated carbocycles. The van der Waals surface area contributed by atoms with Crippen molar-refractivity contribution >= 4 is 5.91 Å². The number of carbonyl (C=O) groups excluding carboxylic acids is 1. The second-order valence-corrected chi connectivity index (χ2v) is 6.44. The van der Waals surface area contributed by atoms with Gasteiger partial charge in [-0.05, 0) is 70.1 Å². The normalized spacial score (nSPS) is 12.0. The standard InChI is InChI=1S/C21H28N2O2/c1-15(2)25-19-11-9-17(10-12-19)16(3)23-21(24)20-8-6-5-7-18(20)13-14-22-4/h5-12,15-16,22H,13-14H2,1-4H3,(H,23,24). The van der Waals surface area contributed by atoms with Crippen molar-refractivity contribution in [2.24, 2.45) is 0 Å². The molecule has 0 spiro atoms. The quantitative estimate of drug-likeness (QED) is 0.770. The summed E-state index contributed by atoms with van der Waals surface area (Å²) < 4.78 is 5.66. The third kappa shape index (κ3) is 5.61. The van der Waals surface area contributed by atoms with E-state index < -0.39 is 0 Å². The highest BCUT2D eigenvalue weighted by Gasteiger charge is 2.14. The maximum Gasteiger partial charge on any atom is 0.252 e. The fourth-order valence-corrected chi connectivity index (χ4v) is 2.68. The molecule has 1 amide bonds. The molecular formula is C21H28N2O2. The van der Waals surface area contributed by atoms with Crippen molar-refractivity contribution in [1.29, 1.82) is 0 Å². The first-order valence-electron chi connectivity index (χ1n) is 8.81. The predicted molar refractivity (Wildman–Crippen MR) is 102 cm³/mol. The van der Waals surface area contributed by atoms with Gasteiger partial charge in [-0.25, -0.2) is 0 Å². The van der Waals surface area contributed by atoms with E-state index in [0.29, 0.717) is 0 Å². The van der Waals surface area contributed by atoms with Crippen molar-refractivity contribution in [3.8, 4) is 5.75 Å². The number of amides is 1. The van der Waals surface area contributed by atoms with E-state index >= 15 is 0 Å². The van der Waals surface area contributed by atoms with Crippen molar-refractivity contribution in [1.82, 2.24) is 10.6 Å². The van der Waals surface area contributed by atoms with Gasteiger partial charge in [0.05, 0.1) is 12.1 Å². The largest absolute Gasteiger partial charge is 0.491 e. The molecule has 2 N–H and O–H groups in total. The monoisotopic (exact) mass is 340 g/mol. The zero-order valence-corrected chi connectivity index (χ0v) is 15.5. The number of hydrogen-bond acceptors (Lipinski definition) is 3. The van der Waals surface area contributed by atoms with Crippen LogP contribution in [0.15, 0.2) is 48.5 Å². The highest BCUT2D eigenvalue weighted by molar-refractivity contribution is 5.95. The Hall–Kier alpha value is -2.33. The minimum atomic E-state index is -0.0713. The van der Waals surface area contributed by atoms with E-state index in [1.807, 2.05) is 76.3 Å². The zero-order valence-electron chi connectivity index (χ0n) is 15.5. The second-order valence-electron chi connectivity index (χ2n) is 6.44. The van der Waals surface area contributed by atoms with Gasteiger partial charge in [0.15, 0.2) is 0 Å². The Morgan fingerprint density at radius 3 is 2.36 bits per heavy atom. The highest BCUT2D eigenvalue weighted by atomic mass is 16.5. The molecule has 1 atom stereocenters. The Morgan fingerprint density at radius 1 is 1.04 bits per heavy atom. The zero-order chi connectivity index (χ0) is 18.2. The van der Waals surface area contributed by atoms with Gasteiger partial charge in [-0.2, -0.15) is 0 Å². The summed E-state index contributed by atoms with van der Waals surface area (Å²) in [5.41, 5.74) is 2.85. The van der Waals surface area contributed by atoms with E-state index in [2.05, 4.69) is 10.6 Å². The van der Waals surface area contributed by atoms with Crippen LogP contribution in [-0.4, -0.2) is 25.6 Å². The lowest BCUT2D eigenvalue weighted by molar-refractivity contribution is 0.0939. The van der Waals surface area contributed by atoms with Gasteiger partial charge in [-0.1, -0.05) is 30.3 Å². The lowest BCUT2D eigenvalue weighted by Crippen LogP contribution is -2.28. The topological polar surface area (TPSA) is 50.4 Å². The Bertz CT molecular complexity index is 681. The maximum atomic E-state index is 12.7. The molecule has 0 fully saturated rings. The van der Waals surface area contributed by atoms with Crippen LogP contribution in [-0.2, 0) is 6.42 Å². The molecule has 0 aliphatic carbocycles. The van der Waals surface area contributed by atoms with Crippen LogP contribution in [0.2, 0.25) is 0 Å². The summed E-state index contributed by atoms with van der Waals surface area (Å²) in [6, 6.07) is 15.6. The predicted octanol–water partition coefficient (Wildman–Crippen LogP) is 3.73. The number of benzene rings is 2. The fraction of sp³-hybridized carbons (Fsp3) is 0.381. The summed E-state index contributed by atoms with van der Waals surface area (Å²) in [6.07, 6.45) is 0.979. The first-order valence-corrected chi connectivity index (χ1v) is 8.81. The molecule has 134 valence electrons. The molecule has 2 aromatic rings. The number of hydrogen-bond donors (Lipinski definition) is 2. The van der Waals surface area contributed by atoms with Crippen molar-refractivity contribution in [3.63, 3.8) is 0 Å². The first-order chi connectivity index (χ1) is 12.0. The van der Waals surface area contributed by atoms with Gasteiger partial charge in [-0.15, -0.1) is 0 Å². The molecule has 2 rings (SSSR count). The van der Waals surface area contributed by atoms with Crippen LogP contribution in [0.25, 0.3) is 0 Å². The van der Waals surface area contributed by atoms with E-state index in [4.69, 9.17) is 4.74 Å². The van der Waals surface area contributed by atoms with Crippen LogP contribution in [0.5, 0.6) is 5.75 Å². The average molecular weight is 340 g/mol. The summed E-state index contributed by atoms with van der Waals surface area (Å²) in [5.74, 6) is 0.802. The lowest BCUT2D eigenvalue weighted by atomic mass is 10.0. The van der Waals surface area contributed by atoms with Gasteiger partial charge in [0, 0.05) is 5.56 Å². The van der Waals surface area contributed by atoms with Crippen molar-refractivity contribution in [2.75, 3.05) is 13.6 Å². The number of ether oxygens (including phenoxy) is 1. The molecule has 4 nitrogen and oxygen atoms in total.